The highest BCUT2D eigenvalue weighted by molar-refractivity contribution is 5.81. The van der Waals surface area contributed by atoms with Crippen molar-refractivity contribution in [1.82, 2.24) is 19.6 Å². The Hall–Kier alpha value is -1.14. The van der Waals surface area contributed by atoms with Gasteiger partial charge in [0.15, 0.2) is 0 Å². The smallest absolute Gasteiger partial charge is 0.239 e. The maximum atomic E-state index is 12.6. The summed E-state index contributed by atoms with van der Waals surface area (Å²) in [5.74, 6) is 0.494. The van der Waals surface area contributed by atoms with Crippen LogP contribution in [0.5, 0.6) is 0 Å². The number of piperidine rings is 1. The lowest BCUT2D eigenvalue weighted by Gasteiger charge is -2.39. The summed E-state index contributed by atoms with van der Waals surface area (Å²) in [6, 6.07) is -0.0382. The number of piperazine rings is 1. The number of nitrogens with zero attached hydrogens (tertiary/aromatic N) is 4. The summed E-state index contributed by atoms with van der Waals surface area (Å²) in [4.78, 5) is 33.3. The van der Waals surface area contributed by atoms with Gasteiger partial charge in [-0.25, -0.2) is 0 Å². The Morgan fingerprint density at radius 3 is 2.04 bits per heavy atom. The van der Waals surface area contributed by atoms with Crippen LogP contribution in [0.2, 0.25) is 0 Å². The van der Waals surface area contributed by atoms with Crippen molar-refractivity contribution in [3.63, 3.8) is 0 Å². The van der Waals surface area contributed by atoms with Crippen LogP contribution in [0.25, 0.3) is 0 Å². The molecule has 6 nitrogen and oxygen atoms in total. The van der Waals surface area contributed by atoms with E-state index in [-0.39, 0.29) is 17.9 Å². The molecule has 24 heavy (non-hydrogen) atoms. The largest absolute Gasteiger partial charge is 0.342 e. The molecule has 2 aliphatic rings. The van der Waals surface area contributed by atoms with E-state index in [1.54, 1.807) is 0 Å². The first kappa shape index (κ1) is 19.2. The van der Waals surface area contributed by atoms with E-state index >= 15 is 0 Å². The standard InChI is InChI=1S/C18H34N4O2/c1-4-20(5-2)17(23)15-19-11-13-21(14-12-19)16(3)18(24)22-9-7-6-8-10-22/h16H,4-15H2,1-3H3. The van der Waals surface area contributed by atoms with Crippen LogP contribution >= 0.6 is 0 Å². The van der Waals surface area contributed by atoms with E-state index in [0.29, 0.717) is 6.54 Å². The predicted octanol–water partition coefficient (Wildman–Crippen LogP) is 0.873. The number of likely N-dealkylation sites (tertiary alicyclic amines) is 1. The van der Waals surface area contributed by atoms with Crippen LogP contribution < -0.4 is 0 Å². The van der Waals surface area contributed by atoms with Crippen molar-refractivity contribution in [2.24, 2.45) is 0 Å². The van der Waals surface area contributed by atoms with Crippen molar-refractivity contribution in [3.05, 3.63) is 0 Å². The van der Waals surface area contributed by atoms with Crippen molar-refractivity contribution in [3.8, 4) is 0 Å². The fraction of sp³-hybridized carbons (Fsp3) is 0.889. The molecule has 0 saturated carbocycles. The van der Waals surface area contributed by atoms with Gasteiger partial charge in [-0.2, -0.15) is 0 Å². The molecule has 6 heteroatoms. The molecule has 1 atom stereocenters. The lowest BCUT2D eigenvalue weighted by molar-refractivity contribution is -0.139. The number of hydrogen-bond acceptors (Lipinski definition) is 4. The number of carbonyl (C=O) groups is 2. The first-order chi connectivity index (χ1) is 11.6. The fourth-order valence-electron chi connectivity index (χ4n) is 3.71. The Bertz CT molecular complexity index is 411. The molecule has 0 bridgehead atoms. The second-order valence-corrected chi connectivity index (χ2v) is 6.94. The number of amides is 2. The summed E-state index contributed by atoms with van der Waals surface area (Å²) >= 11 is 0. The molecule has 2 amide bonds. The summed E-state index contributed by atoms with van der Waals surface area (Å²) in [7, 11) is 0. The van der Waals surface area contributed by atoms with E-state index in [4.69, 9.17) is 0 Å². The topological polar surface area (TPSA) is 47.1 Å². The summed E-state index contributed by atoms with van der Waals surface area (Å²) in [5, 5.41) is 0. The van der Waals surface area contributed by atoms with Gasteiger partial charge in [-0.15, -0.1) is 0 Å². The molecule has 138 valence electrons. The molecule has 2 aliphatic heterocycles. The zero-order valence-corrected chi connectivity index (χ0v) is 15.7. The highest BCUT2D eigenvalue weighted by Crippen LogP contribution is 2.14. The van der Waals surface area contributed by atoms with Gasteiger partial charge in [0.2, 0.25) is 11.8 Å². The molecule has 2 fully saturated rings. The predicted molar refractivity (Wildman–Crippen MR) is 95.8 cm³/mol. The number of carbonyl (C=O) groups excluding carboxylic acids is 2. The first-order valence-electron chi connectivity index (χ1n) is 9.59. The van der Waals surface area contributed by atoms with Gasteiger partial charge >= 0.3 is 0 Å². The van der Waals surface area contributed by atoms with E-state index in [1.807, 2.05) is 30.6 Å². The van der Waals surface area contributed by atoms with Crippen LogP contribution in [-0.4, -0.2) is 96.4 Å². The molecular weight excluding hydrogens is 304 g/mol. The van der Waals surface area contributed by atoms with Crippen LogP contribution in [0.15, 0.2) is 0 Å². The van der Waals surface area contributed by atoms with Crippen molar-refractivity contribution < 1.29 is 9.59 Å². The fourth-order valence-corrected chi connectivity index (χ4v) is 3.71. The Morgan fingerprint density at radius 2 is 1.50 bits per heavy atom. The monoisotopic (exact) mass is 338 g/mol. The Morgan fingerprint density at radius 1 is 0.917 bits per heavy atom. The van der Waals surface area contributed by atoms with Crippen LogP contribution in [-0.2, 0) is 9.59 Å². The molecule has 2 rings (SSSR count). The maximum Gasteiger partial charge on any atom is 0.239 e. The van der Waals surface area contributed by atoms with Crippen LogP contribution in [0.1, 0.15) is 40.0 Å². The maximum absolute atomic E-state index is 12.6. The quantitative estimate of drug-likeness (QED) is 0.721. The highest BCUT2D eigenvalue weighted by Gasteiger charge is 2.29. The van der Waals surface area contributed by atoms with Gasteiger partial charge in [0.05, 0.1) is 12.6 Å². The summed E-state index contributed by atoms with van der Waals surface area (Å²) in [5.41, 5.74) is 0. The van der Waals surface area contributed by atoms with Gasteiger partial charge in [0.1, 0.15) is 0 Å². The number of hydrogen-bond donors (Lipinski definition) is 0. The van der Waals surface area contributed by atoms with Crippen molar-refractivity contribution in [2.75, 3.05) is 58.9 Å². The molecule has 0 N–H and O–H groups in total. The van der Waals surface area contributed by atoms with Crippen molar-refractivity contribution in [1.29, 1.82) is 0 Å². The molecule has 2 heterocycles. The van der Waals surface area contributed by atoms with Gasteiger partial charge in [0, 0.05) is 52.4 Å². The minimum atomic E-state index is -0.0382. The lowest BCUT2D eigenvalue weighted by atomic mass is 10.1. The summed E-state index contributed by atoms with van der Waals surface area (Å²) < 4.78 is 0. The van der Waals surface area contributed by atoms with Crippen LogP contribution in [0.4, 0.5) is 0 Å². The minimum absolute atomic E-state index is 0.0382. The molecular formula is C18H34N4O2. The first-order valence-corrected chi connectivity index (χ1v) is 9.59. The average Bonchev–Trinajstić information content (AvgIpc) is 2.63. The Kier molecular flexibility index (Phi) is 7.49. The Labute approximate surface area is 146 Å². The highest BCUT2D eigenvalue weighted by atomic mass is 16.2. The molecule has 0 aromatic carbocycles. The Balaban J connectivity index is 1.77. The van der Waals surface area contributed by atoms with Gasteiger partial charge in [-0.3, -0.25) is 19.4 Å². The third-order valence-corrected chi connectivity index (χ3v) is 5.45. The second-order valence-electron chi connectivity index (χ2n) is 6.94. The molecule has 0 radical (unpaired) electrons. The molecule has 0 aromatic heterocycles. The molecule has 0 aromatic rings. The van der Waals surface area contributed by atoms with E-state index in [1.165, 1.54) is 6.42 Å². The molecule has 0 aliphatic carbocycles. The summed E-state index contributed by atoms with van der Waals surface area (Å²) in [6.07, 6.45) is 3.52. The van der Waals surface area contributed by atoms with Gasteiger partial charge in [0.25, 0.3) is 0 Å². The van der Waals surface area contributed by atoms with E-state index in [0.717, 1.165) is 65.2 Å². The minimum Gasteiger partial charge on any atom is -0.342 e. The van der Waals surface area contributed by atoms with Crippen molar-refractivity contribution >= 4 is 11.8 Å². The zero-order chi connectivity index (χ0) is 17.5. The molecule has 0 spiro atoms. The van der Waals surface area contributed by atoms with E-state index in [9.17, 15) is 9.59 Å². The number of likely N-dealkylation sites (N-methyl/N-ethyl adjacent to an activating group) is 1. The second kappa shape index (κ2) is 9.37. The third kappa shape index (κ3) is 4.93. The third-order valence-electron chi connectivity index (χ3n) is 5.45. The SMILES string of the molecule is CCN(CC)C(=O)CN1CCN(C(C)C(=O)N2CCCCC2)CC1. The average molecular weight is 338 g/mol. The van der Waals surface area contributed by atoms with E-state index < -0.39 is 0 Å². The van der Waals surface area contributed by atoms with Crippen LogP contribution in [0, 0.1) is 0 Å². The van der Waals surface area contributed by atoms with Gasteiger partial charge in [-0.1, -0.05) is 0 Å². The number of rotatable bonds is 6. The van der Waals surface area contributed by atoms with Gasteiger partial charge < -0.3 is 9.80 Å². The normalized spacial score (nSPS) is 21.5. The zero-order valence-electron chi connectivity index (χ0n) is 15.7. The van der Waals surface area contributed by atoms with Gasteiger partial charge in [-0.05, 0) is 40.0 Å². The van der Waals surface area contributed by atoms with Crippen molar-refractivity contribution in [2.45, 2.75) is 46.1 Å². The molecule has 2 saturated heterocycles. The summed E-state index contributed by atoms with van der Waals surface area (Å²) in [6.45, 7) is 13.4. The lowest BCUT2D eigenvalue weighted by Crippen LogP contribution is -2.56. The van der Waals surface area contributed by atoms with Crippen LogP contribution in [0.3, 0.4) is 0 Å². The van der Waals surface area contributed by atoms with E-state index in [2.05, 4.69) is 9.80 Å². The molecule has 1 unspecified atom stereocenters.